The van der Waals surface area contributed by atoms with Crippen LogP contribution in [0.2, 0.25) is 0 Å². The summed E-state index contributed by atoms with van der Waals surface area (Å²) in [7, 11) is 0. The maximum atomic E-state index is 6.34. The molecular formula is C21H18N6O2. The van der Waals surface area contributed by atoms with Crippen molar-refractivity contribution >= 4 is 39.6 Å². The number of fused-ring (bicyclic) bond motifs is 2. The number of nitrogen functional groups attached to an aromatic ring is 1. The van der Waals surface area contributed by atoms with Crippen molar-refractivity contribution in [3.8, 4) is 11.5 Å². The molecule has 0 saturated heterocycles. The SMILES string of the molecule is Nc1c(Nc2ccc3c(c2)OCCO3)ncnc1Nc1cccc2ncccc12. The summed E-state index contributed by atoms with van der Waals surface area (Å²) >= 11 is 0. The number of ether oxygens (including phenoxy) is 2. The Morgan fingerprint density at radius 2 is 1.66 bits per heavy atom. The van der Waals surface area contributed by atoms with Gasteiger partial charge in [-0.05, 0) is 36.4 Å². The molecule has 3 heterocycles. The molecule has 8 heteroatoms. The smallest absolute Gasteiger partial charge is 0.163 e. The quantitative estimate of drug-likeness (QED) is 0.485. The molecule has 0 unspecified atom stereocenters. The monoisotopic (exact) mass is 386 g/mol. The first-order chi connectivity index (χ1) is 14.3. The molecule has 5 rings (SSSR count). The largest absolute Gasteiger partial charge is 0.486 e. The lowest BCUT2D eigenvalue weighted by atomic mass is 10.2. The van der Waals surface area contributed by atoms with Crippen molar-refractivity contribution in [1.29, 1.82) is 0 Å². The Labute approximate surface area is 166 Å². The zero-order chi connectivity index (χ0) is 19.6. The van der Waals surface area contributed by atoms with Gasteiger partial charge in [-0.2, -0.15) is 0 Å². The normalized spacial score (nSPS) is 12.6. The number of rotatable bonds is 4. The van der Waals surface area contributed by atoms with E-state index in [9.17, 15) is 0 Å². The molecule has 144 valence electrons. The molecule has 0 aliphatic carbocycles. The maximum absolute atomic E-state index is 6.34. The molecule has 0 fully saturated rings. The lowest BCUT2D eigenvalue weighted by molar-refractivity contribution is 0.171. The molecule has 1 aliphatic heterocycles. The summed E-state index contributed by atoms with van der Waals surface area (Å²) in [5.74, 6) is 2.42. The van der Waals surface area contributed by atoms with Crippen LogP contribution in [-0.4, -0.2) is 28.2 Å². The summed E-state index contributed by atoms with van der Waals surface area (Å²) in [5, 5.41) is 7.49. The molecule has 0 saturated carbocycles. The third-order valence-corrected chi connectivity index (χ3v) is 4.59. The summed E-state index contributed by atoms with van der Waals surface area (Å²) in [5.41, 5.74) is 9.29. The van der Waals surface area contributed by atoms with E-state index >= 15 is 0 Å². The zero-order valence-electron chi connectivity index (χ0n) is 15.4. The molecule has 8 nitrogen and oxygen atoms in total. The predicted molar refractivity (Wildman–Crippen MR) is 112 cm³/mol. The van der Waals surface area contributed by atoms with Gasteiger partial charge in [-0.1, -0.05) is 6.07 Å². The lowest BCUT2D eigenvalue weighted by Gasteiger charge is -2.19. The highest BCUT2D eigenvalue weighted by Crippen LogP contribution is 2.35. The van der Waals surface area contributed by atoms with Gasteiger partial charge in [0.2, 0.25) is 0 Å². The van der Waals surface area contributed by atoms with Crippen molar-refractivity contribution in [2.24, 2.45) is 0 Å². The van der Waals surface area contributed by atoms with Crippen LogP contribution in [0, 0.1) is 0 Å². The van der Waals surface area contributed by atoms with E-state index in [1.54, 1.807) is 6.20 Å². The van der Waals surface area contributed by atoms with Crippen molar-refractivity contribution in [2.45, 2.75) is 0 Å². The average molecular weight is 386 g/mol. The average Bonchev–Trinajstić information content (AvgIpc) is 2.77. The molecule has 0 bridgehead atoms. The molecule has 1 aliphatic rings. The van der Waals surface area contributed by atoms with Gasteiger partial charge in [0.25, 0.3) is 0 Å². The van der Waals surface area contributed by atoms with Crippen LogP contribution in [0.4, 0.5) is 28.7 Å². The van der Waals surface area contributed by atoms with Gasteiger partial charge in [0, 0.05) is 29.0 Å². The van der Waals surface area contributed by atoms with E-state index in [1.165, 1.54) is 6.33 Å². The summed E-state index contributed by atoms with van der Waals surface area (Å²) in [6, 6.07) is 15.3. The summed E-state index contributed by atoms with van der Waals surface area (Å²) in [6.45, 7) is 1.08. The number of pyridine rings is 1. The first-order valence-corrected chi connectivity index (χ1v) is 9.16. The molecule has 4 N–H and O–H groups in total. The molecule has 2 aromatic carbocycles. The second-order valence-electron chi connectivity index (χ2n) is 6.47. The van der Waals surface area contributed by atoms with Gasteiger partial charge in [0.15, 0.2) is 23.1 Å². The molecule has 0 radical (unpaired) electrons. The summed E-state index contributed by atoms with van der Waals surface area (Å²) < 4.78 is 11.2. The fourth-order valence-corrected chi connectivity index (χ4v) is 3.19. The Hall–Kier alpha value is -4.07. The minimum absolute atomic E-state index is 0.406. The van der Waals surface area contributed by atoms with E-state index in [4.69, 9.17) is 15.2 Å². The van der Waals surface area contributed by atoms with Crippen molar-refractivity contribution in [3.63, 3.8) is 0 Å². The van der Waals surface area contributed by atoms with Crippen LogP contribution in [0.5, 0.6) is 11.5 Å². The van der Waals surface area contributed by atoms with Crippen molar-refractivity contribution in [2.75, 3.05) is 29.6 Å². The summed E-state index contributed by atoms with van der Waals surface area (Å²) in [6.07, 6.45) is 3.23. The van der Waals surface area contributed by atoms with Gasteiger partial charge < -0.3 is 25.8 Å². The highest BCUT2D eigenvalue weighted by molar-refractivity contribution is 5.94. The van der Waals surface area contributed by atoms with Gasteiger partial charge in [0.05, 0.1) is 5.52 Å². The Bertz CT molecular complexity index is 1190. The number of benzene rings is 2. The highest BCUT2D eigenvalue weighted by Gasteiger charge is 2.14. The van der Waals surface area contributed by atoms with E-state index in [2.05, 4.69) is 25.6 Å². The number of nitrogens with zero attached hydrogens (tertiary/aromatic N) is 3. The van der Waals surface area contributed by atoms with Crippen molar-refractivity contribution in [3.05, 3.63) is 61.1 Å². The standard InChI is InChI=1S/C21H18N6O2/c22-19-20(26-13-6-7-17-18(11-13)29-10-9-28-17)24-12-25-21(19)27-16-5-1-4-15-14(16)3-2-8-23-15/h1-8,11-12H,9-10,22H2,(H2,24,25,26,27). The van der Waals surface area contributed by atoms with Gasteiger partial charge in [-0.15, -0.1) is 0 Å². The van der Waals surface area contributed by atoms with Gasteiger partial charge in [-0.25, -0.2) is 9.97 Å². The highest BCUT2D eigenvalue weighted by atomic mass is 16.6. The van der Waals surface area contributed by atoms with Crippen molar-refractivity contribution in [1.82, 2.24) is 15.0 Å². The van der Waals surface area contributed by atoms with Crippen LogP contribution in [0.25, 0.3) is 10.9 Å². The molecule has 4 aromatic rings. The van der Waals surface area contributed by atoms with Crippen LogP contribution >= 0.6 is 0 Å². The van der Waals surface area contributed by atoms with E-state index in [0.29, 0.717) is 36.3 Å². The second kappa shape index (κ2) is 7.16. The van der Waals surface area contributed by atoms with Gasteiger partial charge >= 0.3 is 0 Å². The number of anilines is 5. The van der Waals surface area contributed by atoms with Crippen LogP contribution in [-0.2, 0) is 0 Å². The molecule has 0 spiro atoms. The number of nitrogens with one attached hydrogen (secondary N) is 2. The third kappa shape index (κ3) is 3.31. The minimum Gasteiger partial charge on any atom is -0.486 e. The number of hydrogen-bond acceptors (Lipinski definition) is 8. The third-order valence-electron chi connectivity index (χ3n) is 4.59. The minimum atomic E-state index is 0.406. The van der Waals surface area contributed by atoms with E-state index in [1.807, 2.05) is 48.5 Å². The topological polar surface area (TPSA) is 107 Å². The zero-order valence-corrected chi connectivity index (χ0v) is 15.4. The molecule has 0 amide bonds. The molecule has 29 heavy (non-hydrogen) atoms. The van der Waals surface area contributed by atoms with Crippen molar-refractivity contribution < 1.29 is 9.47 Å². The number of nitrogens with two attached hydrogens (primary N) is 1. The van der Waals surface area contributed by atoms with E-state index in [0.717, 1.165) is 28.0 Å². The Morgan fingerprint density at radius 1 is 0.828 bits per heavy atom. The van der Waals surface area contributed by atoms with Crippen LogP contribution in [0.15, 0.2) is 61.1 Å². The Kier molecular flexibility index (Phi) is 4.21. The number of hydrogen-bond donors (Lipinski definition) is 3. The summed E-state index contributed by atoms with van der Waals surface area (Å²) in [4.78, 5) is 13.0. The van der Waals surface area contributed by atoms with Crippen LogP contribution in [0.3, 0.4) is 0 Å². The molecule has 0 atom stereocenters. The van der Waals surface area contributed by atoms with Crippen LogP contribution in [0.1, 0.15) is 0 Å². The molecule has 2 aromatic heterocycles. The van der Waals surface area contributed by atoms with Crippen LogP contribution < -0.4 is 25.8 Å². The van der Waals surface area contributed by atoms with E-state index in [-0.39, 0.29) is 0 Å². The second-order valence-corrected chi connectivity index (χ2v) is 6.47. The fraction of sp³-hybridized carbons (Fsp3) is 0.0952. The van der Waals surface area contributed by atoms with E-state index < -0.39 is 0 Å². The first kappa shape index (κ1) is 17.1. The predicted octanol–water partition coefficient (Wildman–Crippen LogP) is 3.87. The lowest BCUT2D eigenvalue weighted by Crippen LogP contribution is -2.15. The molecular weight excluding hydrogens is 368 g/mol. The van der Waals surface area contributed by atoms with Gasteiger partial charge in [-0.3, -0.25) is 4.98 Å². The number of aromatic nitrogens is 3. The maximum Gasteiger partial charge on any atom is 0.163 e. The fourth-order valence-electron chi connectivity index (χ4n) is 3.19. The Balaban J connectivity index is 1.44. The first-order valence-electron chi connectivity index (χ1n) is 9.16. The van der Waals surface area contributed by atoms with Gasteiger partial charge in [0.1, 0.15) is 25.2 Å². The Morgan fingerprint density at radius 3 is 2.55 bits per heavy atom.